The van der Waals surface area contributed by atoms with Crippen molar-refractivity contribution < 1.29 is 58.5 Å². The average Bonchev–Trinajstić information content (AvgIpc) is 3.07. The van der Waals surface area contributed by atoms with E-state index in [1.165, 1.54) is 13.2 Å². The first-order valence-electron chi connectivity index (χ1n) is 8.83. The van der Waals surface area contributed by atoms with Gasteiger partial charge in [-0.05, 0) is 6.07 Å². The molecule has 0 bridgehead atoms. The van der Waals surface area contributed by atoms with Gasteiger partial charge < -0.3 is 44.1 Å². The van der Waals surface area contributed by atoms with Gasteiger partial charge in [0.25, 0.3) is 0 Å². The van der Waals surface area contributed by atoms with Crippen LogP contribution in [-0.2, 0) is 30.4 Å². The second-order valence-electron chi connectivity index (χ2n) is 6.62. The first-order valence-corrected chi connectivity index (χ1v) is 8.83. The molecule has 0 spiro atoms. The van der Waals surface area contributed by atoms with Crippen LogP contribution in [0.4, 0.5) is 0 Å². The topological polar surface area (TPSA) is 178 Å². The maximum Gasteiger partial charge on any atom is 0.342 e. The molecule has 0 saturated carbocycles. The minimum absolute atomic E-state index is 0.000697. The van der Waals surface area contributed by atoms with Crippen molar-refractivity contribution >= 4 is 17.9 Å². The van der Waals surface area contributed by atoms with Crippen LogP contribution in [0.15, 0.2) is 12.1 Å². The number of aliphatic carboxylic acids is 1. The number of fused-ring (bicyclic) bond motifs is 1. The Morgan fingerprint density at radius 2 is 1.90 bits per heavy atom. The van der Waals surface area contributed by atoms with E-state index in [2.05, 4.69) is 0 Å². The minimum Gasteiger partial charge on any atom is -0.497 e. The van der Waals surface area contributed by atoms with E-state index in [-0.39, 0.29) is 17.9 Å². The second-order valence-corrected chi connectivity index (χ2v) is 6.62. The van der Waals surface area contributed by atoms with Crippen LogP contribution >= 0.6 is 0 Å². The highest BCUT2D eigenvalue weighted by Crippen LogP contribution is 2.36. The number of carbonyl (C=O) groups excluding carboxylic acids is 2. The number of hydrogen-bond acceptors (Lipinski definition) is 11. The Morgan fingerprint density at radius 1 is 1.17 bits per heavy atom. The molecule has 0 radical (unpaired) electrons. The molecule has 0 amide bonds. The standard InChI is InChI=1S/C18H20O12/c1-26-8-2-7-5-28-17(25)13(7)9(3-8)29-18-16(24)15(23)14(22)10(30-18)6-27-12(21)4-11(19)20/h2-3,10,14-16,18,22-24H,4-6H2,1H3,(H,19,20). The first kappa shape index (κ1) is 21.8. The molecule has 3 rings (SSSR count). The number of carboxylic acids is 1. The molecule has 2 heterocycles. The molecule has 164 valence electrons. The van der Waals surface area contributed by atoms with Crippen LogP contribution in [0.2, 0.25) is 0 Å². The number of rotatable bonds is 7. The normalized spacial score (nSPS) is 27.7. The van der Waals surface area contributed by atoms with E-state index in [0.29, 0.717) is 11.3 Å². The molecule has 1 saturated heterocycles. The number of hydrogen-bond donors (Lipinski definition) is 4. The van der Waals surface area contributed by atoms with Gasteiger partial charge in [-0.1, -0.05) is 0 Å². The third-order valence-corrected chi connectivity index (χ3v) is 4.57. The van der Waals surface area contributed by atoms with Crippen LogP contribution in [0.1, 0.15) is 22.3 Å². The van der Waals surface area contributed by atoms with Crippen LogP contribution in [0.25, 0.3) is 0 Å². The zero-order valence-corrected chi connectivity index (χ0v) is 15.7. The maximum atomic E-state index is 12.0. The van der Waals surface area contributed by atoms with Gasteiger partial charge in [0.05, 0.1) is 7.11 Å². The number of cyclic esters (lactones) is 1. The Bertz CT molecular complexity index is 837. The lowest BCUT2D eigenvalue weighted by Gasteiger charge is -2.40. The van der Waals surface area contributed by atoms with Crippen molar-refractivity contribution in [3.63, 3.8) is 0 Å². The number of aliphatic hydroxyl groups is 3. The third-order valence-electron chi connectivity index (χ3n) is 4.57. The van der Waals surface area contributed by atoms with E-state index in [1.54, 1.807) is 6.07 Å². The van der Waals surface area contributed by atoms with E-state index in [1.807, 2.05) is 0 Å². The molecule has 5 unspecified atom stereocenters. The van der Waals surface area contributed by atoms with E-state index in [4.69, 9.17) is 28.8 Å². The summed E-state index contributed by atoms with van der Waals surface area (Å²) < 4.78 is 25.8. The van der Waals surface area contributed by atoms with Gasteiger partial charge in [0.15, 0.2) is 0 Å². The van der Waals surface area contributed by atoms with Crippen LogP contribution in [0.3, 0.4) is 0 Å². The summed E-state index contributed by atoms with van der Waals surface area (Å²) in [7, 11) is 1.40. The van der Waals surface area contributed by atoms with Crippen LogP contribution in [0.5, 0.6) is 11.5 Å². The Labute approximate surface area is 169 Å². The van der Waals surface area contributed by atoms with Crippen molar-refractivity contribution in [2.24, 2.45) is 0 Å². The first-order chi connectivity index (χ1) is 14.2. The largest absolute Gasteiger partial charge is 0.497 e. The van der Waals surface area contributed by atoms with Crippen LogP contribution in [-0.4, -0.2) is 82.8 Å². The van der Waals surface area contributed by atoms with Gasteiger partial charge in [0.1, 0.15) is 61.1 Å². The van der Waals surface area contributed by atoms with Crippen LogP contribution in [0, 0.1) is 0 Å². The molecule has 1 aromatic rings. The summed E-state index contributed by atoms with van der Waals surface area (Å²) in [5.74, 6) is -2.84. The van der Waals surface area contributed by atoms with Gasteiger partial charge >= 0.3 is 17.9 Å². The molecule has 12 nitrogen and oxygen atoms in total. The second kappa shape index (κ2) is 8.83. The van der Waals surface area contributed by atoms with E-state index in [9.17, 15) is 29.7 Å². The van der Waals surface area contributed by atoms with Gasteiger partial charge in [-0.25, -0.2) is 4.79 Å². The van der Waals surface area contributed by atoms with E-state index < -0.39 is 61.6 Å². The molecule has 30 heavy (non-hydrogen) atoms. The number of aliphatic hydroxyl groups excluding tert-OH is 3. The number of carboxylic acid groups (broad SMARTS) is 1. The molecule has 1 aromatic carbocycles. The summed E-state index contributed by atoms with van der Waals surface area (Å²) >= 11 is 0. The summed E-state index contributed by atoms with van der Waals surface area (Å²) in [5.41, 5.74) is 0.580. The highest BCUT2D eigenvalue weighted by molar-refractivity contribution is 5.96. The fourth-order valence-electron chi connectivity index (χ4n) is 3.04. The maximum absolute atomic E-state index is 12.0. The van der Waals surface area contributed by atoms with Crippen molar-refractivity contribution in [1.29, 1.82) is 0 Å². The molecular formula is C18H20O12. The van der Waals surface area contributed by atoms with Gasteiger partial charge in [-0.2, -0.15) is 0 Å². The molecule has 4 N–H and O–H groups in total. The fraction of sp³-hybridized carbons (Fsp3) is 0.500. The van der Waals surface area contributed by atoms with Gasteiger partial charge in [-0.3, -0.25) is 9.59 Å². The number of benzene rings is 1. The van der Waals surface area contributed by atoms with Crippen molar-refractivity contribution in [3.8, 4) is 11.5 Å². The Kier molecular flexibility index (Phi) is 6.41. The zero-order chi connectivity index (χ0) is 22.0. The van der Waals surface area contributed by atoms with Gasteiger partial charge in [0.2, 0.25) is 6.29 Å². The quantitative estimate of drug-likeness (QED) is 0.294. The molecular weight excluding hydrogens is 408 g/mol. The van der Waals surface area contributed by atoms with Crippen molar-refractivity contribution in [2.45, 2.75) is 43.7 Å². The summed E-state index contributed by atoms with van der Waals surface area (Å²) in [6, 6.07) is 2.94. The minimum atomic E-state index is -1.74. The smallest absolute Gasteiger partial charge is 0.342 e. The molecule has 5 atom stereocenters. The SMILES string of the molecule is COc1cc2c(c(OC3OC(COC(=O)CC(=O)O)C(O)C(O)C3O)c1)C(=O)OC2. The lowest BCUT2D eigenvalue weighted by Crippen LogP contribution is -2.60. The van der Waals surface area contributed by atoms with Crippen molar-refractivity contribution in [1.82, 2.24) is 0 Å². The molecule has 0 aromatic heterocycles. The Morgan fingerprint density at radius 3 is 2.57 bits per heavy atom. The summed E-state index contributed by atoms with van der Waals surface area (Å²) in [4.78, 5) is 33.9. The Balaban J connectivity index is 1.77. The van der Waals surface area contributed by atoms with Crippen molar-refractivity contribution in [3.05, 3.63) is 23.3 Å². The molecule has 2 aliphatic heterocycles. The number of methoxy groups -OCH3 is 1. The van der Waals surface area contributed by atoms with Gasteiger partial charge in [0, 0.05) is 11.6 Å². The van der Waals surface area contributed by atoms with E-state index >= 15 is 0 Å². The van der Waals surface area contributed by atoms with Gasteiger partial charge in [-0.15, -0.1) is 0 Å². The Hall–Kier alpha value is -2.93. The molecule has 2 aliphatic rings. The predicted octanol–water partition coefficient (Wildman–Crippen LogP) is -1.43. The summed E-state index contributed by atoms with van der Waals surface area (Å²) in [5, 5.41) is 39.0. The predicted molar refractivity (Wildman–Crippen MR) is 92.6 cm³/mol. The summed E-state index contributed by atoms with van der Waals surface area (Å²) in [6.45, 7) is -0.603. The monoisotopic (exact) mass is 428 g/mol. The fourth-order valence-corrected chi connectivity index (χ4v) is 3.04. The van der Waals surface area contributed by atoms with Crippen LogP contribution < -0.4 is 9.47 Å². The molecule has 12 heteroatoms. The highest BCUT2D eigenvalue weighted by atomic mass is 16.7. The molecule has 1 fully saturated rings. The molecule has 0 aliphatic carbocycles. The van der Waals surface area contributed by atoms with Crippen molar-refractivity contribution in [2.75, 3.05) is 13.7 Å². The third kappa shape index (κ3) is 4.46. The van der Waals surface area contributed by atoms with E-state index in [0.717, 1.165) is 0 Å². The number of esters is 2. The lowest BCUT2D eigenvalue weighted by atomic mass is 9.99. The lowest BCUT2D eigenvalue weighted by molar-refractivity contribution is -0.278. The summed E-state index contributed by atoms with van der Waals surface area (Å²) in [6.07, 6.45) is -8.90. The average molecular weight is 428 g/mol. The number of ether oxygens (including phenoxy) is 5. The zero-order valence-electron chi connectivity index (χ0n) is 15.7. The highest BCUT2D eigenvalue weighted by Gasteiger charge is 2.46. The number of carbonyl (C=O) groups is 3.